The van der Waals surface area contributed by atoms with Crippen molar-refractivity contribution in [3.05, 3.63) is 89.5 Å². The summed E-state index contributed by atoms with van der Waals surface area (Å²) in [6, 6.07) is 23.4. The number of carbonyl (C=O) groups excluding carboxylic acids is 2. The Morgan fingerprint density at radius 1 is 0.839 bits per heavy atom. The van der Waals surface area contributed by atoms with Crippen molar-refractivity contribution in [3.8, 4) is 16.9 Å². The van der Waals surface area contributed by atoms with Crippen molar-refractivity contribution in [3.63, 3.8) is 0 Å². The number of benzene rings is 3. The molecule has 0 aliphatic heterocycles. The lowest BCUT2D eigenvalue weighted by Gasteiger charge is -2.14. The predicted octanol–water partition coefficient (Wildman–Crippen LogP) is 4.28. The fraction of sp³-hybridized carbons (Fsp3) is 0.200. The molecule has 0 fully saturated rings. The van der Waals surface area contributed by atoms with E-state index in [1.165, 1.54) is 0 Å². The average Bonchev–Trinajstić information content (AvgIpc) is 3.14. The lowest BCUT2D eigenvalue weighted by Crippen LogP contribution is -2.32. The molecule has 0 saturated heterocycles. The molecule has 0 atom stereocenters. The molecule has 3 aromatic rings. The third kappa shape index (κ3) is 4.69. The highest BCUT2D eigenvalue weighted by molar-refractivity contribution is 5.80. The zero-order valence-corrected chi connectivity index (χ0v) is 17.2. The summed E-state index contributed by atoms with van der Waals surface area (Å²) in [5, 5.41) is 2.45. The molecular weight excluding hydrogens is 394 g/mol. The topological polar surface area (TPSA) is 73.9 Å². The van der Waals surface area contributed by atoms with Gasteiger partial charge in [0.15, 0.2) is 0 Å². The number of hydrogen-bond acceptors (Lipinski definition) is 5. The minimum atomic E-state index is -0.650. The summed E-state index contributed by atoms with van der Waals surface area (Å²) >= 11 is 0. The van der Waals surface area contributed by atoms with E-state index < -0.39 is 12.1 Å². The molecule has 0 radical (unpaired) electrons. The lowest BCUT2D eigenvalue weighted by atomic mass is 9.98. The van der Waals surface area contributed by atoms with E-state index in [1.807, 2.05) is 36.4 Å². The van der Waals surface area contributed by atoms with Crippen LogP contribution in [0.3, 0.4) is 0 Å². The van der Waals surface area contributed by atoms with E-state index in [1.54, 1.807) is 19.2 Å². The number of ether oxygens (including phenoxy) is 3. The van der Waals surface area contributed by atoms with Gasteiger partial charge >= 0.3 is 12.1 Å². The number of carbonyl (C=O) groups is 2. The Morgan fingerprint density at radius 2 is 1.45 bits per heavy atom. The molecule has 0 heterocycles. The van der Waals surface area contributed by atoms with Crippen molar-refractivity contribution in [2.24, 2.45) is 0 Å². The van der Waals surface area contributed by atoms with Crippen LogP contribution in [-0.4, -0.2) is 32.3 Å². The SMILES string of the molecule is COc1ccc(COC(=O)CNC(=O)OCC2c3ccccc3-c3ccccc32)cc1. The molecule has 0 bridgehead atoms. The molecule has 0 saturated carbocycles. The standard InChI is InChI=1S/C25H23NO5/c1-29-18-12-10-17(11-13-18)15-30-24(27)14-26-25(28)31-16-23-21-8-4-2-6-19(21)20-7-3-5-9-22(20)23/h2-13,23H,14-16H2,1H3,(H,26,28). The normalized spacial score (nSPS) is 11.9. The Hall–Kier alpha value is -3.80. The minimum Gasteiger partial charge on any atom is -0.497 e. The summed E-state index contributed by atoms with van der Waals surface area (Å²) in [7, 11) is 1.59. The molecule has 6 nitrogen and oxygen atoms in total. The molecule has 6 heteroatoms. The Kier molecular flexibility index (Phi) is 6.17. The van der Waals surface area contributed by atoms with Gasteiger partial charge in [-0.3, -0.25) is 4.79 Å². The summed E-state index contributed by atoms with van der Waals surface area (Å²) in [5.41, 5.74) is 5.42. The Bertz CT molecular complexity index is 1030. The van der Waals surface area contributed by atoms with Gasteiger partial charge in [0.25, 0.3) is 0 Å². The lowest BCUT2D eigenvalue weighted by molar-refractivity contribution is -0.143. The second kappa shape index (κ2) is 9.34. The number of amides is 1. The van der Waals surface area contributed by atoms with Gasteiger partial charge in [0.1, 0.15) is 25.5 Å². The third-order valence-electron chi connectivity index (χ3n) is 5.28. The summed E-state index contributed by atoms with van der Waals surface area (Å²) in [5.74, 6) is 0.163. The van der Waals surface area contributed by atoms with E-state index in [4.69, 9.17) is 14.2 Å². The van der Waals surface area contributed by atoms with Crippen LogP contribution >= 0.6 is 0 Å². The second-order valence-electron chi connectivity index (χ2n) is 7.19. The fourth-order valence-corrected chi connectivity index (χ4v) is 3.73. The number of esters is 1. The highest BCUT2D eigenvalue weighted by Gasteiger charge is 2.29. The minimum absolute atomic E-state index is 0.0276. The molecule has 3 aromatic carbocycles. The largest absolute Gasteiger partial charge is 0.497 e. The molecule has 1 N–H and O–H groups in total. The number of rotatable bonds is 7. The van der Waals surface area contributed by atoms with Gasteiger partial charge in [0.05, 0.1) is 7.11 Å². The highest BCUT2D eigenvalue weighted by atomic mass is 16.6. The zero-order valence-electron chi connectivity index (χ0n) is 17.2. The molecule has 158 valence electrons. The van der Waals surface area contributed by atoms with E-state index in [9.17, 15) is 9.59 Å². The molecule has 1 aliphatic rings. The van der Waals surface area contributed by atoms with Crippen LogP contribution in [0.4, 0.5) is 4.79 Å². The Balaban J connectivity index is 1.25. The number of alkyl carbamates (subject to hydrolysis) is 1. The number of hydrogen-bond donors (Lipinski definition) is 1. The van der Waals surface area contributed by atoms with Crippen LogP contribution in [0.15, 0.2) is 72.8 Å². The third-order valence-corrected chi connectivity index (χ3v) is 5.28. The monoisotopic (exact) mass is 417 g/mol. The fourth-order valence-electron chi connectivity index (χ4n) is 3.73. The van der Waals surface area contributed by atoms with Crippen molar-refractivity contribution in [2.45, 2.75) is 12.5 Å². The van der Waals surface area contributed by atoms with Crippen molar-refractivity contribution < 1.29 is 23.8 Å². The summed E-state index contributed by atoms with van der Waals surface area (Å²) in [4.78, 5) is 24.0. The van der Waals surface area contributed by atoms with Crippen molar-refractivity contribution in [2.75, 3.05) is 20.3 Å². The van der Waals surface area contributed by atoms with Gasteiger partial charge < -0.3 is 19.5 Å². The zero-order chi connectivity index (χ0) is 21.6. The van der Waals surface area contributed by atoms with E-state index in [2.05, 4.69) is 29.6 Å². The highest BCUT2D eigenvalue weighted by Crippen LogP contribution is 2.44. The maximum absolute atomic E-state index is 12.1. The first-order valence-corrected chi connectivity index (χ1v) is 10.0. The molecule has 0 unspecified atom stereocenters. The molecular formula is C25H23NO5. The van der Waals surface area contributed by atoms with Crippen LogP contribution < -0.4 is 10.1 Å². The van der Waals surface area contributed by atoms with Crippen molar-refractivity contribution in [1.82, 2.24) is 5.32 Å². The first-order chi connectivity index (χ1) is 15.2. The van der Waals surface area contributed by atoms with Gasteiger partial charge in [-0.15, -0.1) is 0 Å². The van der Waals surface area contributed by atoms with Gasteiger partial charge in [0, 0.05) is 5.92 Å². The van der Waals surface area contributed by atoms with Crippen LogP contribution in [0.1, 0.15) is 22.6 Å². The van der Waals surface area contributed by atoms with Gasteiger partial charge in [-0.2, -0.15) is 0 Å². The number of fused-ring (bicyclic) bond motifs is 3. The second-order valence-corrected chi connectivity index (χ2v) is 7.19. The molecule has 1 amide bonds. The predicted molar refractivity (Wildman–Crippen MR) is 116 cm³/mol. The van der Waals surface area contributed by atoms with Crippen LogP contribution in [0, 0.1) is 0 Å². The van der Waals surface area contributed by atoms with Crippen LogP contribution in [0.2, 0.25) is 0 Å². The maximum Gasteiger partial charge on any atom is 0.407 e. The molecule has 0 aromatic heterocycles. The average molecular weight is 417 g/mol. The smallest absolute Gasteiger partial charge is 0.407 e. The quantitative estimate of drug-likeness (QED) is 0.581. The van der Waals surface area contributed by atoms with Gasteiger partial charge in [-0.1, -0.05) is 60.7 Å². The van der Waals surface area contributed by atoms with Crippen LogP contribution in [0.25, 0.3) is 11.1 Å². The van der Waals surface area contributed by atoms with Gasteiger partial charge in [-0.05, 0) is 39.9 Å². The molecule has 1 aliphatic carbocycles. The summed E-state index contributed by atoms with van der Waals surface area (Å²) < 4.78 is 15.7. The molecule has 0 spiro atoms. The van der Waals surface area contributed by atoms with Gasteiger partial charge in [-0.25, -0.2) is 4.79 Å². The van der Waals surface area contributed by atoms with Crippen molar-refractivity contribution >= 4 is 12.1 Å². The molecule has 31 heavy (non-hydrogen) atoms. The van der Waals surface area contributed by atoms with E-state index in [-0.39, 0.29) is 25.7 Å². The molecule has 4 rings (SSSR count). The van der Waals surface area contributed by atoms with Gasteiger partial charge in [0.2, 0.25) is 0 Å². The summed E-state index contributed by atoms with van der Waals surface area (Å²) in [6.07, 6.45) is -0.650. The van der Waals surface area contributed by atoms with Crippen molar-refractivity contribution in [1.29, 1.82) is 0 Å². The van der Waals surface area contributed by atoms with E-state index >= 15 is 0 Å². The summed E-state index contributed by atoms with van der Waals surface area (Å²) in [6.45, 7) is 0.0583. The first kappa shape index (κ1) is 20.5. The first-order valence-electron chi connectivity index (χ1n) is 10.0. The maximum atomic E-state index is 12.1. The van der Waals surface area contributed by atoms with E-state index in [0.717, 1.165) is 33.6 Å². The number of methoxy groups -OCH3 is 1. The van der Waals surface area contributed by atoms with E-state index in [0.29, 0.717) is 0 Å². The van der Waals surface area contributed by atoms with Crippen LogP contribution in [-0.2, 0) is 20.9 Å². The Labute approximate surface area is 180 Å². The number of nitrogens with one attached hydrogen (secondary N) is 1. The Morgan fingerprint density at radius 3 is 2.06 bits per heavy atom. The van der Waals surface area contributed by atoms with Crippen LogP contribution in [0.5, 0.6) is 5.75 Å².